The highest BCUT2D eigenvalue weighted by atomic mass is 79.9. The van der Waals surface area contributed by atoms with Crippen LogP contribution in [-0.4, -0.2) is 10.5 Å². The van der Waals surface area contributed by atoms with E-state index in [1.165, 1.54) is 6.07 Å². The zero-order valence-electron chi connectivity index (χ0n) is 11.1. The van der Waals surface area contributed by atoms with E-state index in [0.717, 1.165) is 0 Å². The molecule has 0 amide bonds. The lowest BCUT2D eigenvalue weighted by atomic mass is 10.1. The number of rotatable bonds is 3. The third-order valence-corrected chi connectivity index (χ3v) is 3.17. The summed E-state index contributed by atoms with van der Waals surface area (Å²) < 4.78 is 19.5. The fourth-order valence-electron chi connectivity index (χ4n) is 1.52. The van der Waals surface area contributed by atoms with Gasteiger partial charge < -0.3 is 9.73 Å². The van der Waals surface area contributed by atoms with Gasteiger partial charge in [-0.25, -0.2) is 9.37 Å². The summed E-state index contributed by atoms with van der Waals surface area (Å²) in [7, 11) is 0. The summed E-state index contributed by atoms with van der Waals surface area (Å²) >= 11 is 3.12. The molecular formula is C14H16BrFN2O. The van der Waals surface area contributed by atoms with Crippen LogP contribution >= 0.6 is 15.9 Å². The summed E-state index contributed by atoms with van der Waals surface area (Å²) in [6.45, 7) is 6.76. The summed E-state index contributed by atoms with van der Waals surface area (Å²) in [6, 6.07) is 4.86. The van der Waals surface area contributed by atoms with Crippen LogP contribution in [0.1, 0.15) is 26.7 Å². The Labute approximate surface area is 120 Å². The van der Waals surface area contributed by atoms with Crippen LogP contribution in [0.4, 0.5) is 4.39 Å². The molecule has 2 rings (SSSR count). The number of oxazole rings is 1. The molecule has 0 unspecified atom stereocenters. The van der Waals surface area contributed by atoms with E-state index in [-0.39, 0.29) is 11.4 Å². The van der Waals surface area contributed by atoms with E-state index in [1.54, 1.807) is 18.3 Å². The van der Waals surface area contributed by atoms with Gasteiger partial charge in [-0.2, -0.15) is 0 Å². The SMILES string of the molecule is CC(C)(C)NCc1ncc(-c2ccc(Br)c(F)c2)o1. The van der Waals surface area contributed by atoms with Gasteiger partial charge in [0.25, 0.3) is 0 Å². The molecule has 0 fully saturated rings. The van der Waals surface area contributed by atoms with E-state index in [2.05, 4.69) is 47.0 Å². The fraction of sp³-hybridized carbons (Fsp3) is 0.357. The lowest BCUT2D eigenvalue weighted by Gasteiger charge is -2.18. The van der Waals surface area contributed by atoms with Crippen molar-refractivity contribution in [2.24, 2.45) is 0 Å². The minimum absolute atomic E-state index is 0.00163. The molecule has 0 spiro atoms. The van der Waals surface area contributed by atoms with Crippen molar-refractivity contribution in [3.63, 3.8) is 0 Å². The molecule has 1 N–H and O–H groups in total. The van der Waals surface area contributed by atoms with E-state index in [4.69, 9.17) is 4.42 Å². The molecule has 1 heterocycles. The van der Waals surface area contributed by atoms with Crippen molar-refractivity contribution in [3.05, 3.63) is 40.6 Å². The van der Waals surface area contributed by atoms with E-state index >= 15 is 0 Å². The van der Waals surface area contributed by atoms with Gasteiger partial charge in [0.15, 0.2) is 5.76 Å². The van der Waals surface area contributed by atoms with Crippen LogP contribution in [0, 0.1) is 5.82 Å². The molecule has 1 aromatic carbocycles. The minimum atomic E-state index is -0.316. The molecule has 0 radical (unpaired) electrons. The second kappa shape index (κ2) is 5.43. The average Bonchev–Trinajstić information content (AvgIpc) is 2.78. The van der Waals surface area contributed by atoms with Crippen molar-refractivity contribution in [3.8, 4) is 11.3 Å². The molecule has 0 aliphatic carbocycles. The summed E-state index contributed by atoms with van der Waals surface area (Å²) in [5, 5.41) is 3.29. The molecule has 0 aliphatic rings. The van der Waals surface area contributed by atoms with E-state index in [0.29, 0.717) is 28.2 Å². The van der Waals surface area contributed by atoms with Crippen molar-refractivity contribution < 1.29 is 8.81 Å². The van der Waals surface area contributed by atoms with Crippen LogP contribution in [0.5, 0.6) is 0 Å². The molecule has 2 aromatic rings. The van der Waals surface area contributed by atoms with Crippen molar-refractivity contribution >= 4 is 15.9 Å². The smallest absolute Gasteiger partial charge is 0.208 e. The van der Waals surface area contributed by atoms with Crippen LogP contribution < -0.4 is 5.32 Å². The Morgan fingerprint density at radius 1 is 1.37 bits per heavy atom. The van der Waals surface area contributed by atoms with Crippen molar-refractivity contribution in [2.45, 2.75) is 32.9 Å². The van der Waals surface area contributed by atoms with Gasteiger partial charge in [0.05, 0.1) is 17.2 Å². The molecule has 5 heteroatoms. The number of nitrogens with zero attached hydrogens (tertiary/aromatic N) is 1. The highest BCUT2D eigenvalue weighted by Gasteiger charge is 2.12. The highest BCUT2D eigenvalue weighted by Crippen LogP contribution is 2.25. The third-order valence-electron chi connectivity index (χ3n) is 2.53. The van der Waals surface area contributed by atoms with Crippen LogP contribution in [0.2, 0.25) is 0 Å². The minimum Gasteiger partial charge on any atom is -0.439 e. The van der Waals surface area contributed by atoms with Crippen molar-refractivity contribution in [1.29, 1.82) is 0 Å². The van der Waals surface area contributed by atoms with E-state index < -0.39 is 0 Å². The second-order valence-electron chi connectivity index (χ2n) is 5.35. The van der Waals surface area contributed by atoms with Crippen LogP contribution in [-0.2, 0) is 6.54 Å². The van der Waals surface area contributed by atoms with E-state index in [9.17, 15) is 4.39 Å². The first-order chi connectivity index (χ1) is 8.85. The molecule has 0 saturated carbocycles. The largest absolute Gasteiger partial charge is 0.439 e. The molecule has 0 aliphatic heterocycles. The maximum Gasteiger partial charge on any atom is 0.208 e. The molecule has 102 valence electrons. The fourth-order valence-corrected chi connectivity index (χ4v) is 1.76. The third kappa shape index (κ3) is 3.88. The molecule has 0 saturated heterocycles. The van der Waals surface area contributed by atoms with Crippen molar-refractivity contribution in [1.82, 2.24) is 10.3 Å². The lowest BCUT2D eigenvalue weighted by molar-refractivity contribution is 0.383. The molecule has 0 bridgehead atoms. The standard InChI is InChI=1S/C14H16BrFN2O/c1-14(2,3)18-8-13-17-7-12(19-13)9-4-5-10(15)11(16)6-9/h4-7,18H,8H2,1-3H3. The van der Waals surface area contributed by atoms with Gasteiger partial charge in [-0.15, -0.1) is 0 Å². The molecular weight excluding hydrogens is 311 g/mol. The number of hydrogen-bond donors (Lipinski definition) is 1. The van der Waals surface area contributed by atoms with E-state index in [1.807, 2.05) is 0 Å². The van der Waals surface area contributed by atoms with Gasteiger partial charge in [-0.05, 0) is 54.9 Å². The Morgan fingerprint density at radius 2 is 2.11 bits per heavy atom. The van der Waals surface area contributed by atoms with Gasteiger partial charge in [-0.1, -0.05) is 0 Å². The zero-order chi connectivity index (χ0) is 14.0. The summed E-state index contributed by atoms with van der Waals surface area (Å²) in [6.07, 6.45) is 1.61. The van der Waals surface area contributed by atoms with Gasteiger partial charge in [0.1, 0.15) is 5.82 Å². The number of nitrogens with one attached hydrogen (secondary N) is 1. The Bertz CT molecular complexity index is 575. The first-order valence-electron chi connectivity index (χ1n) is 6.00. The first kappa shape index (κ1) is 14.2. The number of aromatic nitrogens is 1. The Balaban J connectivity index is 2.14. The van der Waals surface area contributed by atoms with Crippen molar-refractivity contribution in [2.75, 3.05) is 0 Å². The zero-order valence-corrected chi connectivity index (χ0v) is 12.7. The Hall–Kier alpha value is -1.20. The Morgan fingerprint density at radius 3 is 2.74 bits per heavy atom. The normalized spacial score (nSPS) is 11.8. The van der Waals surface area contributed by atoms with Gasteiger partial charge >= 0.3 is 0 Å². The first-order valence-corrected chi connectivity index (χ1v) is 6.79. The topological polar surface area (TPSA) is 38.1 Å². The van der Waals surface area contributed by atoms with Crippen LogP contribution in [0.25, 0.3) is 11.3 Å². The second-order valence-corrected chi connectivity index (χ2v) is 6.21. The summed E-state index contributed by atoms with van der Waals surface area (Å²) in [5.74, 6) is 0.841. The summed E-state index contributed by atoms with van der Waals surface area (Å²) in [5.41, 5.74) is 0.674. The van der Waals surface area contributed by atoms with Gasteiger partial charge in [0, 0.05) is 11.1 Å². The number of benzene rings is 1. The lowest BCUT2D eigenvalue weighted by Crippen LogP contribution is -2.35. The highest BCUT2D eigenvalue weighted by molar-refractivity contribution is 9.10. The maximum absolute atomic E-state index is 13.5. The molecule has 0 atom stereocenters. The molecule has 19 heavy (non-hydrogen) atoms. The van der Waals surface area contributed by atoms with Gasteiger partial charge in [-0.3, -0.25) is 0 Å². The summed E-state index contributed by atoms with van der Waals surface area (Å²) in [4.78, 5) is 4.18. The molecule has 1 aromatic heterocycles. The molecule has 3 nitrogen and oxygen atoms in total. The predicted molar refractivity (Wildman–Crippen MR) is 76.2 cm³/mol. The van der Waals surface area contributed by atoms with Crippen LogP contribution in [0.15, 0.2) is 33.3 Å². The predicted octanol–water partition coefficient (Wildman–Crippen LogP) is 4.13. The monoisotopic (exact) mass is 326 g/mol. The Kier molecular flexibility index (Phi) is 4.06. The van der Waals surface area contributed by atoms with Gasteiger partial charge in [0.2, 0.25) is 5.89 Å². The quantitative estimate of drug-likeness (QED) is 0.921. The van der Waals surface area contributed by atoms with Crippen LogP contribution in [0.3, 0.4) is 0 Å². The average molecular weight is 327 g/mol. The number of hydrogen-bond acceptors (Lipinski definition) is 3. The number of halogens is 2. The maximum atomic E-state index is 13.5.